The molecule has 0 aliphatic heterocycles. The summed E-state index contributed by atoms with van der Waals surface area (Å²) in [7, 11) is 0. The highest BCUT2D eigenvalue weighted by atomic mass is 19.1. The van der Waals surface area contributed by atoms with E-state index in [2.05, 4.69) is 0 Å². The van der Waals surface area contributed by atoms with Crippen LogP contribution in [0.2, 0.25) is 0 Å². The summed E-state index contributed by atoms with van der Waals surface area (Å²) >= 11 is 0. The molecule has 0 fully saturated rings. The number of likely N-dealkylation sites (N-methyl/N-ethyl adjacent to an activating group) is 1. The second kappa shape index (κ2) is 5.63. The number of nitrogens with zero attached hydrogens (tertiary/aromatic N) is 1. The Kier molecular flexibility index (Phi) is 4.45. The van der Waals surface area contributed by atoms with E-state index < -0.39 is 11.8 Å². The van der Waals surface area contributed by atoms with Crippen LogP contribution in [0, 0.1) is 5.82 Å². The molecule has 1 unspecified atom stereocenters. The number of aromatic hydroxyl groups is 1. The van der Waals surface area contributed by atoms with Crippen LogP contribution < -0.4 is 0 Å². The molecule has 0 aliphatic carbocycles. The van der Waals surface area contributed by atoms with Crippen LogP contribution in [-0.2, 0) is 4.79 Å². The molecule has 0 bridgehead atoms. The molecule has 0 saturated heterocycles. The van der Waals surface area contributed by atoms with Gasteiger partial charge in [-0.25, -0.2) is 4.39 Å². The zero-order valence-corrected chi connectivity index (χ0v) is 9.85. The first-order chi connectivity index (χ1) is 7.95. The number of benzene rings is 1. The number of halogens is 1. The fraction of sp³-hybridized carbons (Fsp3) is 0.417. The van der Waals surface area contributed by atoms with Crippen molar-refractivity contribution in [2.24, 2.45) is 0 Å². The number of phenols is 1. The molecule has 1 aromatic carbocycles. The highest BCUT2D eigenvalue weighted by Crippen LogP contribution is 2.28. The molecule has 0 saturated carbocycles. The van der Waals surface area contributed by atoms with Crippen LogP contribution >= 0.6 is 0 Å². The third kappa shape index (κ3) is 3.42. The van der Waals surface area contributed by atoms with Crippen molar-refractivity contribution in [1.29, 1.82) is 0 Å². The Labute approximate surface area is 99.3 Å². The molecule has 1 atom stereocenters. The maximum Gasteiger partial charge on any atom is 0.317 e. The van der Waals surface area contributed by atoms with E-state index in [1.807, 2.05) is 6.92 Å². The Balaban J connectivity index is 2.96. The van der Waals surface area contributed by atoms with Crippen molar-refractivity contribution >= 4 is 5.97 Å². The SMILES string of the molecule is CCN(CC(=O)O)C(C)c1cc(F)ccc1O. The normalized spacial score (nSPS) is 12.7. The molecule has 0 aliphatic rings. The van der Waals surface area contributed by atoms with Gasteiger partial charge in [-0.15, -0.1) is 0 Å². The quantitative estimate of drug-likeness (QED) is 0.827. The van der Waals surface area contributed by atoms with Crippen LogP contribution in [0.1, 0.15) is 25.5 Å². The van der Waals surface area contributed by atoms with Gasteiger partial charge >= 0.3 is 5.97 Å². The molecule has 2 N–H and O–H groups in total. The van der Waals surface area contributed by atoms with Gasteiger partial charge in [0.05, 0.1) is 6.54 Å². The number of aliphatic carboxylic acids is 1. The number of phenolic OH excluding ortho intramolecular Hbond substituents is 1. The summed E-state index contributed by atoms with van der Waals surface area (Å²) < 4.78 is 13.1. The molecule has 17 heavy (non-hydrogen) atoms. The fourth-order valence-corrected chi connectivity index (χ4v) is 1.75. The molecule has 94 valence electrons. The number of carbonyl (C=O) groups is 1. The molecule has 4 nitrogen and oxygen atoms in total. The molecule has 0 heterocycles. The Morgan fingerprint density at radius 2 is 2.18 bits per heavy atom. The van der Waals surface area contributed by atoms with Gasteiger partial charge < -0.3 is 10.2 Å². The average Bonchev–Trinajstić information content (AvgIpc) is 2.28. The second-order valence-electron chi connectivity index (χ2n) is 3.84. The van der Waals surface area contributed by atoms with Gasteiger partial charge in [0, 0.05) is 11.6 Å². The number of rotatable bonds is 5. The molecule has 0 amide bonds. The van der Waals surface area contributed by atoms with E-state index in [1.165, 1.54) is 18.2 Å². The molecule has 0 spiro atoms. The third-order valence-electron chi connectivity index (χ3n) is 2.73. The number of carboxylic acid groups (broad SMARTS) is 1. The lowest BCUT2D eigenvalue weighted by molar-refractivity contribution is -0.138. The van der Waals surface area contributed by atoms with Gasteiger partial charge in [-0.05, 0) is 31.7 Å². The van der Waals surface area contributed by atoms with E-state index in [-0.39, 0.29) is 18.3 Å². The van der Waals surface area contributed by atoms with Crippen LogP contribution in [0.3, 0.4) is 0 Å². The van der Waals surface area contributed by atoms with Gasteiger partial charge in [0.15, 0.2) is 0 Å². The zero-order valence-electron chi connectivity index (χ0n) is 9.85. The highest BCUT2D eigenvalue weighted by molar-refractivity contribution is 5.69. The molecular formula is C12H16FNO3. The van der Waals surface area contributed by atoms with Gasteiger partial charge in [-0.2, -0.15) is 0 Å². The average molecular weight is 241 g/mol. The molecule has 1 rings (SSSR count). The molecule has 0 aromatic heterocycles. The van der Waals surface area contributed by atoms with Crippen LogP contribution in [-0.4, -0.2) is 34.2 Å². The molecule has 0 radical (unpaired) electrons. The summed E-state index contributed by atoms with van der Waals surface area (Å²) in [5.74, 6) is -1.42. The Hall–Kier alpha value is -1.62. The predicted octanol–water partition coefficient (Wildman–Crippen LogP) is 2.00. The minimum absolute atomic E-state index is 0.0252. The summed E-state index contributed by atoms with van der Waals surface area (Å²) in [5.41, 5.74) is 0.396. The summed E-state index contributed by atoms with van der Waals surface area (Å²) in [5, 5.41) is 18.4. The lowest BCUT2D eigenvalue weighted by Crippen LogP contribution is -2.32. The maximum atomic E-state index is 13.1. The Morgan fingerprint density at radius 3 is 2.71 bits per heavy atom. The maximum absolute atomic E-state index is 13.1. The molecule has 5 heteroatoms. The van der Waals surface area contributed by atoms with Crippen molar-refractivity contribution < 1.29 is 19.4 Å². The fourth-order valence-electron chi connectivity index (χ4n) is 1.75. The summed E-state index contributed by atoms with van der Waals surface area (Å²) in [4.78, 5) is 12.3. The first-order valence-electron chi connectivity index (χ1n) is 5.40. The topological polar surface area (TPSA) is 60.8 Å². The van der Waals surface area contributed by atoms with Crippen molar-refractivity contribution in [2.75, 3.05) is 13.1 Å². The largest absolute Gasteiger partial charge is 0.508 e. The van der Waals surface area contributed by atoms with Crippen LogP contribution in [0.4, 0.5) is 4.39 Å². The van der Waals surface area contributed by atoms with Crippen molar-refractivity contribution in [3.8, 4) is 5.75 Å². The first kappa shape index (κ1) is 13.4. The summed E-state index contributed by atoms with van der Waals surface area (Å²) in [6.07, 6.45) is 0. The predicted molar refractivity (Wildman–Crippen MR) is 61.4 cm³/mol. The molecular weight excluding hydrogens is 225 g/mol. The van der Waals surface area contributed by atoms with Crippen LogP contribution in [0.15, 0.2) is 18.2 Å². The van der Waals surface area contributed by atoms with Gasteiger partial charge in [0.1, 0.15) is 11.6 Å². The molecule has 1 aromatic rings. The van der Waals surface area contributed by atoms with E-state index >= 15 is 0 Å². The van der Waals surface area contributed by atoms with Crippen molar-refractivity contribution in [3.63, 3.8) is 0 Å². The van der Waals surface area contributed by atoms with Crippen LogP contribution in [0.25, 0.3) is 0 Å². The minimum atomic E-state index is -0.949. The number of hydrogen-bond donors (Lipinski definition) is 2. The number of carboxylic acids is 1. The van der Waals surface area contributed by atoms with Gasteiger partial charge in [-0.1, -0.05) is 6.92 Å². The second-order valence-corrected chi connectivity index (χ2v) is 3.84. The smallest absolute Gasteiger partial charge is 0.317 e. The lowest BCUT2D eigenvalue weighted by Gasteiger charge is -2.26. The van der Waals surface area contributed by atoms with E-state index in [1.54, 1.807) is 11.8 Å². The Morgan fingerprint density at radius 1 is 1.53 bits per heavy atom. The van der Waals surface area contributed by atoms with Gasteiger partial charge in [-0.3, -0.25) is 9.69 Å². The first-order valence-corrected chi connectivity index (χ1v) is 5.40. The van der Waals surface area contributed by atoms with Gasteiger partial charge in [0.2, 0.25) is 0 Å². The van der Waals surface area contributed by atoms with Crippen molar-refractivity contribution in [2.45, 2.75) is 19.9 Å². The van der Waals surface area contributed by atoms with E-state index in [0.717, 1.165) is 0 Å². The van der Waals surface area contributed by atoms with E-state index in [9.17, 15) is 14.3 Å². The number of hydrogen-bond acceptors (Lipinski definition) is 3. The van der Waals surface area contributed by atoms with Crippen LogP contribution in [0.5, 0.6) is 5.75 Å². The van der Waals surface area contributed by atoms with Crippen molar-refractivity contribution in [1.82, 2.24) is 4.90 Å². The minimum Gasteiger partial charge on any atom is -0.508 e. The monoisotopic (exact) mass is 241 g/mol. The standard InChI is InChI=1S/C12H16FNO3/c1-3-14(7-12(16)17)8(2)10-6-9(13)4-5-11(10)15/h4-6,8,15H,3,7H2,1-2H3,(H,16,17). The highest BCUT2D eigenvalue weighted by Gasteiger charge is 2.19. The zero-order chi connectivity index (χ0) is 13.0. The lowest BCUT2D eigenvalue weighted by atomic mass is 10.1. The third-order valence-corrected chi connectivity index (χ3v) is 2.73. The van der Waals surface area contributed by atoms with Gasteiger partial charge in [0.25, 0.3) is 0 Å². The summed E-state index contributed by atoms with van der Waals surface area (Å²) in [6, 6.07) is 3.31. The van der Waals surface area contributed by atoms with E-state index in [0.29, 0.717) is 12.1 Å². The Bertz CT molecular complexity index is 409. The van der Waals surface area contributed by atoms with E-state index in [4.69, 9.17) is 5.11 Å². The van der Waals surface area contributed by atoms with Crippen molar-refractivity contribution in [3.05, 3.63) is 29.6 Å². The summed E-state index contributed by atoms with van der Waals surface area (Å²) in [6.45, 7) is 3.91.